The largest absolute Gasteiger partial charge is 0.497 e. The van der Waals surface area contributed by atoms with Crippen molar-refractivity contribution in [1.29, 1.82) is 0 Å². The van der Waals surface area contributed by atoms with Gasteiger partial charge in [0.05, 0.1) is 19.1 Å². The van der Waals surface area contributed by atoms with E-state index in [0.717, 1.165) is 22.1 Å². The Labute approximate surface area is 177 Å². The zero-order chi connectivity index (χ0) is 21.4. The molecular weight excluding hydrogens is 408 g/mol. The molecule has 6 nitrogen and oxygen atoms in total. The van der Waals surface area contributed by atoms with Crippen LogP contribution in [0.5, 0.6) is 5.75 Å². The minimum absolute atomic E-state index is 0.339. The van der Waals surface area contributed by atoms with Crippen molar-refractivity contribution in [1.82, 2.24) is 5.32 Å². The first kappa shape index (κ1) is 23.1. The van der Waals surface area contributed by atoms with Crippen molar-refractivity contribution in [3.05, 3.63) is 59.7 Å². The SMILES string of the molecule is COc1cccc(N(C(C)C(=O)NCCSCc2cccc(C)c2)S(C)(=O)=O)c1. The van der Waals surface area contributed by atoms with Crippen molar-refractivity contribution in [2.75, 3.05) is 30.0 Å². The molecule has 0 spiro atoms. The number of rotatable bonds is 10. The highest BCUT2D eigenvalue weighted by molar-refractivity contribution is 7.98. The number of nitrogens with one attached hydrogen (secondary N) is 1. The second kappa shape index (κ2) is 10.5. The molecule has 8 heteroatoms. The van der Waals surface area contributed by atoms with Gasteiger partial charge in [0.2, 0.25) is 15.9 Å². The number of hydrogen-bond donors (Lipinski definition) is 1. The summed E-state index contributed by atoms with van der Waals surface area (Å²) in [5.41, 5.74) is 2.86. The fourth-order valence-electron chi connectivity index (χ4n) is 2.94. The highest BCUT2D eigenvalue weighted by atomic mass is 32.2. The first-order chi connectivity index (χ1) is 13.7. The molecule has 158 valence electrons. The number of carbonyl (C=O) groups is 1. The number of sulfonamides is 1. The first-order valence-electron chi connectivity index (χ1n) is 9.27. The molecule has 1 atom stereocenters. The molecule has 2 rings (SSSR count). The third kappa shape index (κ3) is 6.97. The standard InChI is InChI=1S/C21H28N2O4S2/c1-16-7-5-8-18(13-16)15-28-12-11-22-21(24)17(2)23(29(4,25)26)19-9-6-10-20(14-19)27-3/h5-10,13-14,17H,11-12,15H2,1-4H3,(H,22,24). The zero-order valence-corrected chi connectivity index (χ0v) is 18.8. The van der Waals surface area contributed by atoms with Gasteiger partial charge in [-0.15, -0.1) is 0 Å². The van der Waals surface area contributed by atoms with Gasteiger partial charge in [-0.3, -0.25) is 9.10 Å². The Kier molecular flexibility index (Phi) is 8.40. The van der Waals surface area contributed by atoms with Crippen LogP contribution in [-0.4, -0.2) is 46.0 Å². The van der Waals surface area contributed by atoms with Gasteiger partial charge in [-0.25, -0.2) is 8.42 Å². The Bertz CT molecular complexity index is 932. The molecule has 1 unspecified atom stereocenters. The van der Waals surface area contributed by atoms with Crippen molar-refractivity contribution in [3.8, 4) is 5.75 Å². The van der Waals surface area contributed by atoms with Gasteiger partial charge in [-0.05, 0) is 31.5 Å². The van der Waals surface area contributed by atoms with E-state index < -0.39 is 16.1 Å². The minimum atomic E-state index is -3.65. The second-order valence-electron chi connectivity index (χ2n) is 6.77. The van der Waals surface area contributed by atoms with E-state index in [4.69, 9.17) is 4.74 Å². The average Bonchev–Trinajstić information content (AvgIpc) is 2.66. The number of nitrogens with zero attached hydrogens (tertiary/aromatic N) is 1. The van der Waals surface area contributed by atoms with E-state index in [2.05, 4.69) is 30.4 Å². The summed E-state index contributed by atoms with van der Waals surface area (Å²) < 4.78 is 31.0. The van der Waals surface area contributed by atoms with Gasteiger partial charge in [0.1, 0.15) is 11.8 Å². The van der Waals surface area contributed by atoms with Crippen LogP contribution >= 0.6 is 11.8 Å². The Morgan fingerprint density at radius 2 is 1.93 bits per heavy atom. The number of aryl methyl sites for hydroxylation is 1. The summed E-state index contributed by atoms with van der Waals surface area (Å²) in [6, 6.07) is 14.1. The van der Waals surface area contributed by atoms with Gasteiger partial charge in [-0.1, -0.05) is 35.9 Å². The van der Waals surface area contributed by atoms with E-state index in [1.807, 2.05) is 6.07 Å². The molecule has 2 aromatic carbocycles. The number of thioether (sulfide) groups is 1. The van der Waals surface area contributed by atoms with Crippen LogP contribution in [0.1, 0.15) is 18.1 Å². The zero-order valence-electron chi connectivity index (χ0n) is 17.2. The van der Waals surface area contributed by atoms with Crippen LogP contribution in [0.4, 0.5) is 5.69 Å². The van der Waals surface area contributed by atoms with E-state index in [1.165, 1.54) is 18.2 Å². The van der Waals surface area contributed by atoms with Gasteiger partial charge in [0.25, 0.3) is 0 Å². The van der Waals surface area contributed by atoms with E-state index in [0.29, 0.717) is 18.0 Å². The first-order valence-corrected chi connectivity index (χ1v) is 12.3. The predicted octanol–water partition coefficient (Wildman–Crippen LogP) is 3.21. The van der Waals surface area contributed by atoms with Crippen molar-refractivity contribution in [2.45, 2.75) is 25.6 Å². The molecule has 0 aliphatic rings. The third-order valence-electron chi connectivity index (χ3n) is 4.29. The Morgan fingerprint density at radius 3 is 2.59 bits per heavy atom. The van der Waals surface area contributed by atoms with Crippen LogP contribution < -0.4 is 14.4 Å². The summed E-state index contributed by atoms with van der Waals surface area (Å²) in [6.07, 6.45) is 1.09. The summed E-state index contributed by atoms with van der Waals surface area (Å²) in [5, 5.41) is 2.83. The molecular formula is C21H28N2O4S2. The van der Waals surface area contributed by atoms with Crippen LogP contribution in [0.2, 0.25) is 0 Å². The molecule has 0 bridgehead atoms. The van der Waals surface area contributed by atoms with Crippen LogP contribution in [0.15, 0.2) is 48.5 Å². The normalized spacial score (nSPS) is 12.3. The molecule has 0 radical (unpaired) electrons. The van der Waals surface area contributed by atoms with Gasteiger partial charge in [0, 0.05) is 24.1 Å². The van der Waals surface area contributed by atoms with E-state index >= 15 is 0 Å². The van der Waals surface area contributed by atoms with E-state index in [1.54, 1.807) is 43.0 Å². The average molecular weight is 437 g/mol. The summed E-state index contributed by atoms with van der Waals surface area (Å²) in [7, 11) is -2.14. The topological polar surface area (TPSA) is 75.7 Å². The molecule has 0 aliphatic heterocycles. The molecule has 0 aliphatic carbocycles. The van der Waals surface area contributed by atoms with Gasteiger partial charge < -0.3 is 10.1 Å². The molecule has 0 fully saturated rings. The summed E-state index contributed by atoms with van der Waals surface area (Å²) >= 11 is 1.72. The monoisotopic (exact) mass is 436 g/mol. The lowest BCUT2D eigenvalue weighted by Gasteiger charge is -2.28. The maximum atomic E-state index is 12.6. The number of methoxy groups -OCH3 is 1. The molecule has 0 saturated carbocycles. The molecule has 2 aromatic rings. The quantitative estimate of drug-likeness (QED) is 0.579. The Balaban J connectivity index is 1.93. The number of amides is 1. The molecule has 0 saturated heterocycles. The lowest BCUT2D eigenvalue weighted by atomic mass is 10.2. The number of hydrogen-bond acceptors (Lipinski definition) is 5. The van der Waals surface area contributed by atoms with Crippen LogP contribution in [0, 0.1) is 6.92 Å². The minimum Gasteiger partial charge on any atom is -0.497 e. The number of ether oxygens (including phenoxy) is 1. The lowest BCUT2D eigenvalue weighted by Crippen LogP contribution is -2.48. The summed E-state index contributed by atoms with van der Waals surface area (Å²) in [4.78, 5) is 12.6. The summed E-state index contributed by atoms with van der Waals surface area (Å²) in [5.74, 6) is 1.79. The highest BCUT2D eigenvalue weighted by Crippen LogP contribution is 2.25. The number of anilines is 1. The highest BCUT2D eigenvalue weighted by Gasteiger charge is 2.29. The summed E-state index contributed by atoms with van der Waals surface area (Å²) in [6.45, 7) is 4.11. The van der Waals surface area contributed by atoms with Crippen molar-refractivity contribution < 1.29 is 17.9 Å². The van der Waals surface area contributed by atoms with Gasteiger partial charge in [0.15, 0.2) is 0 Å². The Morgan fingerprint density at radius 1 is 1.21 bits per heavy atom. The molecule has 1 amide bonds. The molecule has 1 N–H and O–H groups in total. The van der Waals surface area contributed by atoms with Crippen LogP contribution in [0.3, 0.4) is 0 Å². The predicted molar refractivity (Wildman–Crippen MR) is 120 cm³/mol. The van der Waals surface area contributed by atoms with Crippen molar-refractivity contribution in [2.24, 2.45) is 0 Å². The molecule has 29 heavy (non-hydrogen) atoms. The van der Waals surface area contributed by atoms with E-state index in [-0.39, 0.29) is 5.91 Å². The van der Waals surface area contributed by atoms with Crippen molar-refractivity contribution in [3.63, 3.8) is 0 Å². The van der Waals surface area contributed by atoms with Crippen molar-refractivity contribution >= 4 is 33.4 Å². The van der Waals surface area contributed by atoms with Gasteiger partial charge >= 0.3 is 0 Å². The molecule has 0 aromatic heterocycles. The van der Waals surface area contributed by atoms with Crippen LogP contribution in [-0.2, 0) is 20.6 Å². The fourth-order valence-corrected chi connectivity index (χ4v) is 4.92. The molecule has 0 heterocycles. The number of carbonyl (C=O) groups excluding carboxylic acids is 1. The van der Waals surface area contributed by atoms with Crippen LogP contribution in [0.25, 0.3) is 0 Å². The maximum Gasteiger partial charge on any atom is 0.243 e. The van der Waals surface area contributed by atoms with E-state index in [9.17, 15) is 13.2 Å². The smallest absolute Gasteiger partial charge is 0.243 e. The Hall–Kier alpha value is -2.19. The van der Waals surface area contributed by atoms with Gasteiger partial charge in [-0.2, -0.15) is 11.8 Å². The maximum absolute atomic E-state index is 12.6. The number of benzene rings is 2. The lowest BCUT2D eigenvalue weighted by molar-refractivity contribution is -0.121. The second-order valence-corrected chi connectivity index (χ2v) is 9.73. The fraction of sp³-hybridized carbons (Fsp3) is 0.381. The third-order valence-corrected chi connectivity index (χ3v) is 6.57.